The molecule has 0 fully saturated rings. The number of hydrogen-bond donors (Lipinski definition) is 0. The number of para-hydroxylation sites is 9. The molecule has 21 aromatic rings. The van der Waals surface area contributed by atoms with Crippen LogP contribution in [0.2, 0.25) is 0 Å². The zero-order valence-electron chi connectivity index (χ0n) is 69.2. The first-order chi connectivity index (χ1) is 62.6. The summed E-state index contributed by atoms with van der Waals surface area (Å²) in [4.78, 5) is 20.3. The minimum atomic E-state index is -4.13. The molecule has 3 aliphatic rings. The maximum absolute atomic E-state index is 18.9. The molecule has 2 aliphatic heterocycles. The lowest BCUT2D eigenvalue weighted by Crippen LogP contribution is -2.29. The van der Waals surface area contributed by atoms with Crippen LogP contribution < -0.4 is 40.4 Å². The summed E-state index contributed by atoms with van der Waals surface area (Å²) in [6, 6.07) is 157. The third-order valence-electron chi connectivity index (χ3n) is 25.9. The number of rotatable bonds is 14. The van der Waals surface area contributed by atoms with Gasteiger partial charge >= 0.3 is 0 Å². The molecule has 0 saturated heterocycles. The summed E-state index contributed by atoms with van der Waals surface area (Å²) >= 11 is 0. The van der Waals surface area contributed by atoms with E-state index in [4.69, 9.17) is 15.0 Å². The average Bonchev–Trinajstić information content (AvgIpc) is 1.54. The Bertz CT molecular complexity index is 7980. The van der Waals surface area contributed by atoms with Crippen molar-refractivity contribution < 1.29 is 9.13 Å². The van der Waals surface area contributed by atoms with Crippen LogP contribution in [0.15, 0.2) is 449 Å². The molecule has 11 nitrogen and oxygen atoms in total. The van der Waals surface area contributed by atoms with Crippen LogP contribution in [0.3, 0.4) is 0 Å². The predicted molar refractivity (Wildman–Crippen MR) is 525 cm³/mol. The second-order valence-corrected chi connectivity index (χ2v) is 38.2. The molecule has 0 bridgehead atoms. The minimum Gasteiger partial charge on any atom is -0.309 e. The number of aromatic nitrogens is 5. The van der Waals surface area contributed by atoms with Crippen molar-refractivity contribution in [3.8, 4) is 67.5 Å². The van der Waals surface area contributed by atoms with Gasteiger partial charge in [0.1, 0.15) is 0 Å². The van der Waals surface area contributed by atoms with Gasteiger partial charge in [-0.2, -0.15) is 9.97 Å². The van der Waals surface area contributed by atoms with Crippen molar-refractivity contribution in [3.05, 3.63) is 466 Å². The molecule has 127 heavy (non-hydrogen) atoms. The zero-order valence-corrected chi connectivity index (χ0v) is 71.0. The van der Waals surface area contributed by atoms with Gasteiger partial charge in [0, 0.05) is 77.0 Å². The Morgan fingerprint density at radius 2 is 0.669 bits per heavy atom. The van der Waals surface area contributed by atoms with E-state index in [1.807, 2.05) is 152 Å². The standard InChI is InChI=1S/C114H79N9O2P2/c1-114(76-77-60-66-89(67-61-77)126(124)108-59-32-31-57-104(108)121(101-55-29-30-56-103(101)122(126)86-42-17-6-18-43-86)113-116-111(78-34-9-2-10-35-78)115-112(117-113)79-36-11-3-12-37-79)95-51-26-23-50-92(95)110-96(114)52-33-58-106(110)120-102-70-64-82(80-62-68-99-93(72-80)90-48-24-27-53-97(90)118(99)84-38-13-4-14-39-84)74-107(102)123(87-44-19-7-20-45-87)127(125,88-46-21-8-22-47-88)109-75-83(65-71-105(109)120)81-63-69-100-94(73-81)91-49-25-28-54-98(91)119(100)85-40-15-5-16-41-85/h2-75H,76H2,1H3. The third-order valence-corrected chi connectivity index (χ3v) is 32.0. The quantitative estimate of drug-likeness (QED) is 0.0987. The summed E-state index contributed by atoms with van der Waals surface area (Å²) < 4.78 is 46.0. The molecule has 602 valence electrons. The van der Waals surface area contributed by atoms with E-state index in [1.54, 1.807) is 0 Å². The van der Waals surface area contributed by atoms with Crippen molar-refractivity contribution in [2.24, 2.45) is 0 Å². The van der Waals surface area contributed by atoms with Crippen molar-refractivity contribution in [3.63, 3.8) is 0 Å². The molecule has 0 amide bonds. The van der Waals surface area contributed by atoms with Gasteiger partial charge in [0.25, 0.3) is 0 Å². The van der Waals surface area contributed by atoms with Gasteiger partial charge in [0.05, 0.1) is 72.5 Å². The van der Waals surface area contributed by atoms with Crippen LogP contribution in [-0.2, 0) is 21.0 Å². The van der Waals surface area contributed by atoms with Crippen molar-refractivity contribution in [2.75, 3.05) is 19.1 Å². The number of hydrogen-bond acceptors (Lipinski definition) is 7. The van der Waals surface area contributed by atoms with Crippen molar-refractivity contribution in [1.29, 1.82) is 0 Å². The molecule has 24 rings (SSSR count). The second kappa shape index (κ2) is 30.0. The minimum absolute atomic E-state index is 0.384. The van der Waals surface area contributed by atoms with Crippen molar-refractivity contribution in [1.82, 2.24) is 24.1 Å². The van der Waals surface area contributed by atoms with E-state index in [2.05, 4.69) is 332 Å². The van der Waals surface area contributed by atoms with Gasteiger partial charge in [-0.15, -0.1) is 0 Å². The number of benzene rings is 18. The lowest BCUT2D eigenvalue weighted by molar-refractivity contribution is 0.583. The number of anilines is 10. The Hall–Kier alpha value is -15.8. The van der Waals surface area contributed by atoms with E-state index in [1.165, 1.54) is 5.56 Å². The molecule has 18 aromatic carbocycles. The first-order valence-corrected chi connectivity index (χ1v) is 46.4. The van der Waals surface area contributed by atoms with Gasteiger partial charge in [-0.25, -0.2) is 4.98 Å². The van der Waals surface area contributed by atoms with Crippen LogP contribution in [0.1, 0.15) is 23.6 Å². The molecule has 1 aliphatic carbocycles. The number of fused-ring (bicyclic) bond motifs is 13. The molecule has 13 heteroatoms. The molecule has 3 unspecified atom stereocenters. The van der Waals surface area contributed by atoms with E-state index in [9.17, 15) is 0 Å². The summed E-state index contributed by atoms with van der Waals surface area (Å²) in [7, 11) is -8.12. The van der Waals surface area contributed by atoms with E-state index < -0.39 is 20.0 Å². The molecule has 0 N–H and O–H groups in total. The SMILES string of the molecule is CC1(Cc2ccc(P3(=O)c4ccccc4N(c4nc(-c5ccccc5)nc(-c5ccccc5)n4)c4ccccc4N3c3ccccc3)cc2)c2ccccc2-c2c(N3c4ccc(-c5ccc6c(c5)c5ccccc5n6-c5ccccc5)cc4N(c4ccccc4)P(=O)(c4ccccc4)c4cc(-c5ccc6c(c5)c5ccccc5n6-c5ccccc5)ccc43)cccc21. The molecular formula is C114H79N9O2P2. The fourth-order valence-electron chi connectivity index (χ4n) is 20.2. The van der Waals surface area contributed by atoms with Crippen LogP contribution in [0.25, 0.3) is 111 Å². The van der Waals surface area contributed by atoms with E-state index in [0.29, 0.717) is 50.9 Å². The summed E-state index contributed by atoms with van der Waals surface area (Å²) in [6.45, 7) is 2.39. The van der Waals surface area contributed by atoms with Crippen molar-refractivity contribution in [2.45, 2.75) is 18.8 Å². The van der Waals surface area contributed by atoms with Crippen LogP contribution in [0.5, 0.6) is 0 Å². The van der Waals surface area contributed by atoms with Gasteiger partial charge in [0.15, 0.2) is 11.6 Å². The first kappa shape index (κ1) is 75.0. The highest BCUT2D eigenvalue weighted by Gasteiger charge is 2.49. The molecular weight excluding hydrogens is 1590 g/mol. The Morgan fingerprint density at radius 3 is 1.25 bits per heavy atom. The fourth-order valence-corrected chi connectivity index (χ4v) is 26.2. The maximum Gasteiger partial charge on any atom is 0.238 e. The number of nitrogens with zero attached hydrogens (tertiary/aromatic N) is 9. The predicted octanol–water partition coefficient (Wildman–Crippen LogP) is 28.0. The third kappa shape index (κ3) is 12.0. The summed E-state index contributed by atoms with van der Waals surface area (Å²) in [6.07, 6.45) is 0.584. The second-order valence-electron chi connectivity index (χ2n) is 33.1. The molecule has 5 heterocycles. The molecule has 0 saturated carbocycles. The zero-order chi connectivity index (χ0) is 84.5. The highest BCUT2D eigenvalue weighted by Crippen LogP contribution is 2.66. The summed E-state index contributed by atoms with van der Waals surface area (Å²) in [5.74, 6) is 1.40. The molecule has 3 aromatic heterocycles. The Morgan fingerprint density at radius 1 is 0.268 bits per heavy atom. The van der Waals surface area contributed by atoms with E-state index in [0.717, 1.165) is 156 Å². The molecule has 0 radical (unpaired) electrons. The van der Waals surface area contributed by atoms with Gasteiger partial charge in [-0.1, -0.05) is 292 Å². The topological polar surface area (TPSA) is 95.6 Å². The Balaban J connectivity index is 0.690. The van der Waals surface area contributed by atoms with E-state index in [-0.39, 0.29) is 0 Å². The average molecular weight is 1670 g/mol. The molecule has 3 atom stereocenters. The van der Waals surface area contributed by atoms with Crippen LogP contribution in [0.4, 0.5) is 57.1 Å². The van der Waals surface area contributed by atoms with Gasteiger partial charge in [-0.05, 0) is 215 Å². The maximum atomic E-state index is 18.9. The van der Waals surface area contributed by atoms with Crippen LogP contribution in [0, 0.1) is 0 Å². The smallest absolute Gasteiger partial charge is 0.238 e. The lowest BCUT2D eigenvalue weighted by Gasteiger charge is -2.34. The lowest BCUT2D eigenvalue weighted by atomic mass is 9.75. The summed E-state index contributed by atoms with van der Waals surface area (Å²) in [5.41, 5.74) is 24.2. The van der Waals surface area contributed by atoms with Gasteiger partial charge < -0.3 is 14.0 Å². The van der Waals surface area contributed by atoms with Gasteiger partial charge in [-0.3, -0.25) is 23.4 Å². The highest BCUT2D eigenvalue weighted by molar-refractivity contribution is 7.81. The normalized spacial score (nSPS) is 16.2. The van der Waals surface area contributed by atoms with Crippen LogP contribution >= 0.6 is 14.6 Å². The summed E-state index contributed by atoms with van der Waals surface area (Å²) in [5, 5.41) is 7.20. The monoisotopic (exact) mass is 1670 g/mol. The highest BCUT2D eigenvalue weighted by atomic mass is 31.2. The van der Waals surface area contributed by atoms with Crippen molar-refractivity contribution >= 4 is 137 Å². The Labute approximate surface area is 735 Å². The van der Waals surface area contributed by atoms with E-state index >= 15 is 9.13 Å². The largest absolute Gasteiger partial charge is 0.309 e. The molecule has 0 spiro atoms. The van der Waals surface area contributed by atoms with Crippen LogP contribution in [-0.4, -0.2) is 24.1 Å². The first-order valence-electron chi connectivity index (χ1n) is 43.1. The Kier molecular flexibility index (Phi) is 17.7. The van der Waals surface area contributed by atoms with Gasteiger partial charge in [0.2, 0.25) is 20.5 Å². The fraction of sp³-hybridized carbons (Fsp3) is 0.0263.